The van der Waals surface area contributed by atoms with E-state index >= 15 is 0 Å². The molecule has 0 aromatic carbocycles. The van der Waals surface area contributed by atoms with Gasteiger partial charge in [-0.2, -0.15) is 0 Å². The van der Waals surface area contributed by atoms with Crippen molar-refractivity contribution in [1.29, 1.82) is 0 Å². The maximum Gasteiger partial charge on any atom is -1.00 e. The minimum absolute atomic E-state index is 0. The van der Waals surface area contributed by atoms with Crippen LogP contribution in [0, 0.1) is 0 Å². The van der Waals surface area contributed by atoms with Crippen LogP contribution in [0.25, 0.3) is 0 Å². The molecule has 2 aliphatic carbocycles. The molecule has 3 heteroatoms. The van der Waals surface area contributed by atoms with Gasteiger partial charge in [-0.3, -0.25) is 0 Å². The molecule has 0 bridgehead atoms. The maximum atomic E-state index is 2.53. The van der Waals surface area contributed by atoms with Crippen molar-refractivity contribution < 1.29 is 48.0 Å². The van der Waals surface area contributed by atoms with E-state index in [1.165, 1.54) is 32.1 Å². The van der Waals surface area contributed by atoms with Crippen molar-refractivity contribution >= 4 is 0 Å². The summed E-state index contributed by atoms with van der Waals surface area (Å²) in [6.45, 7) is 6.92. The van der Waals surface area contributed by atoms with E-state index in [0.717, 1.165) is 0 Å². The van der Waals surface area contributed by atoms with Crippen LogP contribution in [0.1, 0.15) is 52.9 Å². The molecule has 0 atom stereocenters. The topological polar surface area (TPSA) is 0 Å². The molecular weight excluding hydrogens is 354 g/mol. The van der Waals surface area contributed by atoms with Crippen LogP contribution in [0.3, 0.4) is 0 Å². The van der Waals surface area contributed by atoms with Crippen LogP contribution >= 0.6 is 0 Å². The van der Waals surface area contributed by atoms with Gasteiger partial charge in [-0.25, -0.2) is 0 Å². The van der Waals surface area contributed by atoms with Gasteiger partial charge in [-0.1, -0.05) is 0 Å². The molecule has 0 unspecified atom stereocenters. The van der Waals surface area contributed by atoms with Crippen LogP contribution < -0.4 is 24.8 Å². The molecule has 0 amide bonds. The summed E-state index contributed by atoms with van der Waals surface area (Å²) in [5, 5.41) is 0. The summed E-state index contributed by atoms with van der Waals surface area (Å²) in [7, 11) is 0. The van der Waals surface area contributed by atoms with E-state index in [-0.39, 0.29) is 24.8 Å². The van der Waals surface area contributed by atoms with Crippen molar-refractivity contribution in [2.24, 2.45) is 0 Å². The Balaban J connectivity index is 0.00000162. The fourth-order valence-corrected chi connectivity index (χ4v) is 6.22. The first-order valence-electron chi connectivity index (χ1n) is 6.74. The summed E-state index contributed by atoms with van der Waals surface area (Å²) in [5.74, 6) is 0. The number of allylic oxidation sites excluding steroid dienone is 8. The Bertz CT molecular complexity index is 428. The normalized spacial score (nSPS) is 17.1. The molecule has 0 aromatic heterocycles. The number of halogens is 2. The number of rotatable bonds is 5. The molecular formula is C16H22Cl2Zr. The largest absolute Gasteiger partial charge is 1.00 e. The van der Waals surface area contributed by atoms with E-state index in [0.29, 0.717) is 0 Å². The number of hydrogen-bond acceptors (Lipinski definition) is 0. The fourth-order valence-electron chi connectivity index (χ4n) is 2.49. The Hall–Kier alpha value is 0.423. The first-order chi connectivity index (χ1) is 8.22. The first-order valence-corrected chi connectivity index (χ1v) is 9.20. The third-order valence-electron chi connectivity index (χ3n) is 3.68. The van der Waals surface area contributed by atoms with Gasteiger partial charge in [0.2, 0.25) is 0 Å². The molecule has 0 heterocycles. The van der Waals surface area contributed by atoms with Gasteiger partial charge in [-0.05, 0) is 0 Å². The molecule has 0 spiro atoms. The Kier molecular flexibility index (Phi) is 9.58. The summed E-state index contributed by atoms with van der Waals surface area (Å²) < 4.78 is 3.58. The second-order valence-corrected chi connectivity index (χ2v) is 8.50. The molecule has 0 aromatic rings. The second kappa shape index (κ2) is 9.38. The predicted molar refractivity (Wildman–Crippen MR) is 71.4 cm³/mol. The van der Waals surface area contributed by atoms with Gasteiger partial charge in [0, 0.05) is 0 Å². The fraction of sp³-hybridized carbons (Fsp3) is 0.500. The molecule has 0 saturated carbocycles. The van der Waals surface area contributed by atoms with Crippen LogP contribution in [0.5, 0.6) is 0 Å². The monoisotopic (exact) mass is 374 g/mol. The summed E-state index contributed by atoms with van der Waals surface area (Å²) in [5.41, 5.74) is 4.96. The zero-order chi connectivity index (χ0) is 12.3. The van der Waals surface area contributed by atoms with Crippen molar-refractivity contribution in [3.05, 3.63) is 41.5 Å². The third kappa shape index (κ3) is 5.03. The van der Waals surface area contributed by atoms with Crippen LogP contribution in [0.15, 0.2) is 41.5 Å². The minimum atomic E-state index is -0.475. The van der Waals surface area contributed by atoms with Crippen LogP contribution in [-0.2, 0) is 23.2 Å². The first kappa shape index (κ1) is 19.4. The molecule has 2 rings (SSSR count). The number of unbranched alkanes of at least 4 members (excludes halogenated alkanes) is 1. The van der Waals surface area contributed by atoms with E-state index in [9.17, 15) is 0 Å². The van der Waals surface area contributed by atoms with E-state index < -0.39 is 23.2 Å². The molecule has 0 radical (unpaired) electrons. The minimum Gasteiger partial charge on any atom is -1.00 e. The van der Waals surface area contributed by atoms with Crippen molar-refractivity contribution in [2.75, 3.05) is 0 Å². The van der Waals surface area contributed by atoms with Crippen LogP contribution in [0.4, 0.5) is 0 Å². The number of hydrogen-bond donors (Lipinski definition) is 0. The van der Waals surface area contributed by atoms with Crippen molar-refractivity contribution in [3.63, 3.8) is 0 Å². The summed E-state index contributed by atoms with van der Waals surface area (Å²) >= 11 is -0.475. The van der Waals surface area contributed by atoms with E-state index in [2.05, 4.69) is 39.0 Å². The van der Waals surface area contributed by atoms with E-state index in [1.54, 1.807) is 23.3 Å². The summed E-state index contributed by atoms with van der Waals surface area (Å²) in [6, 6.07) is 0. The molecule has 104 valence electrons. The molecule has 0 fully saturated rings. The Morgan fingerprint density at radius 1 is 1.16 bits per heavy atom. The molecule has 2 aliphatic rings. The average Bonchev–Trinajstić information content (AvgIpc) is 2.86. The van der Waals surface area contributed by atoms with E-state index in [4.69, 9.17) is 0 Å². The second-order valence-electron chi connectivity index (χ2n) is 5.08. The zero-order valence-electron chi connectivity index (χ0n) is 12.0. The van der Waals surface area contributed by atoms with Gasteiger partial charge < -0.3 is 24.8 Å². The smallest absolute Gasteiger partial charge is 1.00 e. The van der Waals surface area contributed by atoms with Gasteiger partial charge in [0.05, 0.1) is 0 Å². The van der Waals surface area contributed by atoms with Crippen molar-refractivity contribution in [3.8, 4) is 0 Å². The third-order valence-corrected chi connectivity index (χ3v) is 7.80. The van der Waals surface area contributed by atoms with Gasteiger partial charge >= 0.3 is 118 Å². The maximum absolute atomic E-state index is 2.53. The van der Waals surface area contributed by atoms with E-state index in [1.807, 2.05) is 0 Å². The standard InChI is InChI=1S/C10H15.C6H7.2ClH.Zr/c1-3-4-7-10-8-5-6-9(10)2;1-6-4-2-3-5-6;;;/h5H,3-4,6-7H2,1-2H3;2,4H,3H2,1H3;2*1H;/q;;;;+2/p-2. The van der Waals surface area contributed by atoms with Crippen molar-refractivity contribution in [2.45, 2.75) is 52.9 Å². The van der Waals surface area contributed by atoms with Gasteiger partial charge in [0.1, 0.15) is 0 Å². The molecule has 0 nitrogen and oxygen atoms in total. The molecule has 19 heavy (non-hydrogen) atoms. The van der Waals surface area contributed by atoms with Crippen LogP contribution in [0.2, 0.25) is 0 Å². The Labute approximate surface area is 141 Å². The van der Waals surface area contributed by atoms with Crippen molar-refractivity contribution in [1.82, 2.24) is 0 Å². The quantitative estimate of drug-likeness (QED) is 0.584. The molecule has 0 N–H and O–H groups in total. The van der Waals surface area contributed by atoms with Gasteiger partial charge in [0.15, 0.2) is 0 Å². The van der Waals surface area contributed by atoms with Gasteiger partial charge in [-0.15, -0.1) is 0 Å². The Morgan fingerprint density at radius 2 is 1.89 bits per heavy atom. The summed E-state index contributed by atoms with van der Waals surface area (Å²) in [6.07, 6.45) is 13.7. The Morgan fingerprint density at radius 3 is 2.47 bits per heavy atom. The molecule has 0 aliphatic heterocycles. The molecule has 0 saturated heterocycles. The summed E-state index contributed by atoms with van der Waals surface area (Å²) in [4.78, 5) is 0. The predicted octanol–water partition coefficient (Wildman–Crippen LogP) is -0.895. The van der Waals surface area contributed by atoms with Crippen LogP contribution in [-0.4, -0.2) is 0 Å². The van der Waals surface area contributed by atoms with Gasteiger partial charge in [0.25, 0.3) is 0 Å². The SMILES string of the molecule is CCCCC1=C(C)CC=[C]1[Zr+2][C]1=C(C)C=CC1.[Cl-].[Cl-]. The average molecular weight is 376 g/mol. The zero-order valence-corrected chi connectivity index (χ0v) is 16.0.